The van der Waals surface area contributed by atoms with Gasteiger partial charge in [-0.3, -0.25) is 19.7 Å². The Balaban J connectivity index is 4.96. The average molecular weight is 261 g/mol. The minimum absolute atomic E-state index is 0.115. The molecule has 7 nitrogen and oxygen atoms in total. The Morgan fingerprint density at radius 3 is 1.83 bits per heavy atom. The summed E-state index contributed by atoms with van der Waals surface area (Å²) in [5.41, 5.74) is 0. The predicted molar refractivity (Wildman–Crippen MR) is 62.4 cm³/mol. The van der Waals surface area contributed by atoms with Gasteiger partial charge in [0.15, 0.2) is 5.92 Å². The van der Waals surface area contributed by atoms with Crippen LogP contribution in [0.2, 0.25) is 0 Å². The van der Waals surface area contributed by atoms with Gasteiger partial charge in [-0.05, 0) is 20.3 Å². The fourth-order valence-electron chi connectivity index (χ4n) is 1.61. The third-order valence-electron chi connectivity index (χ3n) is 2.46. The first-order valence-electron chi connectivity index (χ1n) is 5.92. The molecule has 0 radical (unpaired) electrons. The van der Waals surface area contributed by atoms with Gasteiger partial charge in [0.2, 0.25) is 6.54 Å². The van der Waals surface area contributed by atoms with Crippen LogP contribution in [0.4, 0.5) is 0 Å². The Morgan fingerprint density at radius 1 is 1.11 bits per heavy atom. The van der Waals surface area contributed by atoms with Crippen molar-refractivity contribution in [1.29, 1.82) is 0 Å². The van der Waals surface area contributed by atoms with E-state index in [1.54, 1.807) is 20.8 Å². The van der Waals surface area contributed by atoms with E-state index < -0.39 is 35.2 Å². The van der Waals surface area contributed by atoms with Crippen LogP contribution < -0.4 is 0 Å². The van der Waals surface area contributed by atoms with Crippen LogP contribution in [-0.4, -0.2) is 36.6 Å². The highest BCUT2D eigenvalue weighted by molar-refractivity contribution is 5.95. The second-order valence-electron chi connectivity index (χ2n) is 3.67. The summed E-state index contributed by atoms with van der Waals surface area (Å²) >= 11 is 0. The first-order chi connectivity index (χ1) is 8.47. The summed E-state index contributed by atoms with van der Waals surface area (Å²) in [4.78, 5) is 33.4. The van der Waals surface area contributed by atoms with E-state index in [1.165, 1.54) is 0 Å². The number of esters is 2. The van der Waals surface area contributed by atoms with Gasteiger partial charge in [0.05, 0.1) is 13.2 Å². The molecule has 0 saturated heterocycles. The second-order valence-corrected chi connectivity index (χ2v) is 3.67. The molecule has 0 rings (SSSR count). The first-order valence-corrected chi connectivity index (χ1v) is 5.92. The van der Waals surface area contributed by atoms with Crippen molar-refractivity contribution in [2.45, 2.75) is 27.2 Å². The van der Waals surface area contributed by atoms with Crippen LogP contribution in [0.15, 0.2) is 0 Å². The van der Waals surface area contributed by atoms with Crippen LogP contribution in [0.5, 0.6) is 0 Å². The monoisotopic (exact) mass is 261 g/mol. The average Bonchev–Trinajstić information content (AvgIpc) is 2.28. The third kappa shape index (κ3) is 5.11. The van der Waals surface area contributed by atoms with E-state index in [0.717, 1.165) is 0 Å². The number of nitro groups is 1. The largest absolute Gasteiger partial charge is 0.465 e. The first kappa shape index (κ1) is 16.3. The molecule has 18 heavy (non-hydrogen) atoms. The SMILES string of the molecule is CCOC(=O)C(C(=O)OCC)[C@H](CC)C[N+](=O)[O-]. The van der Waals surface area contributed by atoms with Gasteiger partial charge in [-0.2, -0.15) is 0 Å². The molecular weight excluding hydrogens is 242 g/mol. The summed E-state index contributed by atoms with van der Waals surface area (Å²) in [5, 5.41) is 10.5. The highest BCUT2D eigenvalue weighted by Gasteiger charge is 2.39. The van der Waals surface area contributed by atoms with Gasteiger partial charge in [-0.1, -0.05) is 6.92 Å². The molecular formula is C11H19NO6. The van der Waals surface area contributed by atoms with Crippen molar-refractivity contribution in [2.24, 2.45) is 11.8 Å². The molecule has 0 amide bonds. The lowest BCUT2D eigenvalue weighted by Gasteiger charge is -2.19. The maximum Gasteiger partial charge on any atom is 0.320 e. The highest BCUT2D eigenvalue weighted by atomic mass is 16.6. The van der Waals surface area contributed by atoms with Crippen molar-refractivity contribution >= 4 is 11.9 Å². The second kappa shape index (κ2) is 8.43. The van der Waals surface area contributed by atoms with Crippen LogP contribution >= 0.6 is 0 Å². The molecule has 0 unspecified atom stereocenters. The molecule has 0 aromatic carbocycles. The van der Waals surface area contributed by atoms with E-state index in [0.29, 0.717) is 6.42 Å². The van der Waals surface area contributed by atoms with Crippen LogP contribution in [0.1, 0.15) is 27.2 Å². The molecule has 0 aliphatic carbocycles. The number of ether oxygens (including phenoxy) is 2. The summed E-state index contributed by atoms with van der Waals surface area (Å²) in [7, 11) is 0. The van der Waals surface area contributed by atoms with Crippen LogP contribution in [0.25, 0.3) is 0 Å². The molecule has 0 N–H and O–H groups in total. The maximum atomic E-state index is 11.7. The molecule has 0 aliphatic heterocycles. The fraction of sp³-hybridized carbons (Fsp3) is 0.818. The van der Waals surface area contributed by atoms with Gasteiger partial charge in [-0.15, -0.1) is 0 Å². The topological polar surface area (TPSA) is 95.7 Å². The highest BCUT2D eigenvalue weighted by Crippen LogP contribution is 2.20. The van der Waals surface area contributed by atoms with Crippen molar-refractivity contribution < 1.29 is 24.0 Å². The molecule has 0 aliphatic rings. The number of carbonyl (C=O) groups is 2. The number of carbonyl (C=O) groups excluding carboxylic acids is 2. The zero-order chi connectivity index (χ0) is 14.1. The minimum atomic E-state index is -1.22. The molecule has 0 spiro atoms. The molecule has 0 saturated carbocycles. The number of nitrogens with zero attached hydrogens (tertiary/aromatic N) is 1. The van der Waals surface area contributed by atoms with Crippen LogP contribution in [0, 0.1) is 22.0 Å². The standard InChI is InChI=1S/C11H19NO6/c1-4-8(7-12(15)16)9(10(13)17-5-2)11(14)18-6-3/h8-9H,4-7H2,1-3H3/t8-/m1/s1. The van der Waals surface area contributed by atoms with E-state index >= 15 is 0 Å². The van der Waals surface area contributed by atoms with Crippen molar-refractivity contribution in [3.63, 3.8) is 0 Å². The number of rotatable bonds is 8. The van der Waals surface area contributed by atoms with Gasteiger partial charge < -0.3 is 9.47 Å². The smallest absolute Gasteiger partial charge is 0.320 e. The van der Waals surface area contributed by atoms with E-state index in [2.05, 4.69) is 0 Å². The Hall–Kier alpha value is -1.66. The maximum absolute atomic E-state index is 11.7. The van der Waals surface area contributed by atoms with Crippen molar-refractivity contribution in [3.05, 3.63) is 10.1 Å². The van der Waals surface area contributed by atoms with E-state index in [9.17, 15) is 19.7 Å². The molecule has 0 aromatic rings. The zero-order valence-electron chi connectivity index (χ0n) is 10.9. The van der Waals surface area contributed by atoms with Gasteiger partial charge in [0.25, 0.3) is 0 Å². The van der Waals surface area contributed by atoms with E-state index in [-0.39, 0.29) is 13.2 Å². The summed E-state index contributed by atoms with van der Waals surface area (Å²) in [5.74, 6) is -3.45. The third-order valence-corrected chi connectivity index (χ3v) is 2.46. The van der Waals surface area contributed by atoms with Gasteiger partial charge in [-0.25, -0.2) is 0 Å². The molecule has 0 aromatic heterocycles. The normalized spacial score (nSPS) is 12.0. The molecule has 104 valence electrons. The summed E-state index contributed by atoms with van der Waals surface area (Å²) in [6.07, 6.45) is 0.323. The van der Waals surface area contributed by atoms with Gasteiger partial charge >= 0.3 is 11.9 Å². The van der Waals surface area contributed by atoms with Crippen molar-refractivity contribution in [3.8, 4) is 0 Å². The number of hydrogen-bond donors (Lipinski definition) is 0. The lowest BCUT2D eigenvalue weighted by Crippen LogP contribution is -2.37. The molecule has 0 heterocycles. The predicted octanol–water partition coefficient (Wildman–Crippen LogP) is 1.03. The fourth-order valence-corrected chi connectivity index (χ4v) is 1.61. The van der Waals surface area contributed by atoms with E-state index in [4.69, 9.17) is 9.47 Å². The lowest BCUT2D eigenvalue weighted by molar-refractivity contribution is -0.489. The van der Waals surface area contributed by atoms with Crippen LogP contribution in [-0.2, 0) is 19.1 Å². The minimum Gasteiger partial charge on any atom is -0.465 e. The Bertz CT molecular complexity index is 286. The quantitative estimate of drug-likeness (QED) is 0.280. The Kier molecular flexibility index (Phi) is 7.66. The van der Waals surface area contributed by atoms with Gasteiger partial charge in [0.1, 0.15) is 0 Å². The zero-order valence-corrected chi connectivity index (χ0v) is 10.9. The van der Waals surface area contributed by atoms with Crippen LogP contribution in [0.3, 0.4) is 0 Å². The van der Waals surface area contributed by atoms with Gasteiger partial charge in [0, 0.05) is 10.8 Å². The summed E-state index contributed by atoms with van der Waals surface area (Å²) in [6.45, 7) is 4.66. The van der Waals surface area contributed by atoms with Crippen molar-refractivity contribution in [1.82, 2.24) is 0 Å². The molecule has 7 heteroatoms. The summed E-state index contributed by atoms with van der Waals surface area (Å²) in [6, 6.07) is 0. The van der Waals surface area contributed by atoms with E-state index in [1.807, 2.05) is 0 Å². The number of hydrogen-bond acceptors (Lipinski definition) is 6. The van der Waals surface area contributed by atoms with Crippen molar-refractivity contribution in [2.75, 3.05) is 19.8 Å². The molecule has 1 atom stereocenters. The molecule has 0 fully saturated rings. The summed E-state index contributed by atoms with van der Waals surface area (Å²) < 4.78 is 9.55. The lowest BCUT2D eigenvalue weighted by atomic mass is 9.90. The Labute approximate surface area is 106 Å². The Morgan fingerprint density at radius 2 is 1.56 bits per heavy atom. The molecule has 0 bridgehead atoms.